The summed E-state index contributed by atoms with van der Waals surface area (Å²) in [7, 11) is 0. The molecule has 1 aliphatic heterocycles. The maximum atomic E-state index is 6.26. The molecule has 0 bridgehead atoms. The van der Waals surface area contributed by atoms with Crippen molar-refractivity contribution < 1.29 is 4.74 Å². The third-order valence-corrected chi connectivity index (χ3v) is 4.37. The van der Waals surface area contributed by atoms with Crippen molar-refractivity contribution in [3.8, 4) is 5.75 Å². The topological polar surface area (TPSA) is 35.2 Å². The van der Waals surface area contributed by atoms with Gasteiger partial charge in [-0.2, -0.15) is 0 Å². The van der Waals surface area contributed by atoms with E-state index < -0.39 is 0 Å². The van der Waals surface area contributed by atoms with Crippen LogP contribution in [0.3, 0.4) is 0 Å². The lowest BCUT2D eigenvalue weighted by molar-refractivity contribution is 0.161. The number of rotatable bonds is 1. The van der Waals surface area contributed by atoms with Gasteiger partial charge >= 0.3 is 0 Å². The van der Waals surface area contributed by atoms with Crippen molar-refractivity contribution in [3.63, 3.8) is 0 Å². The minimum absolute atomic E-state index is 0.00916. The van der Waals surface area contributed by atoms with Crippen LogP contribution >= 0.6 is 31.9 Å². The molecule has 4 heteroatoms. The summed E-state index contributed by atoms with van der Waals surface area (Å²) in [5.74, 6) is 0.884. The van der Waals surface area contributed by atoms with Gasteiger partial charge in [-0.15, -0.1) is 0 Å². The summed E-state index contributed by atoms with van der Waals surface area (Å²) in [6.45, 7) is 0. The first-order valence-corrected chi connectivity index (χ1v) is 7.69. The molecule has 2 atom stereocenters. The van der Waals surface area contributed by atoms with E-state index in [0.29, 0.717) is 0 Å². The molecule has 0 saturated heterocycles. The van der Waals surface area contributed by atoms with Gasteiger partial charge in [0.25, 0.3) is 0 Å². The van der Waals surface area contributed by atoms with Crippen LogP contribution in [0, 0.1) is 0 Å². The first-order chi connectivity index (χ1) is 9.13. The third-order valence-electron chi connectivity index (χ3n) is 3.35. The highest BCUT2D eigenvalue weighted by molar-refractivity contribution is 9.10. The van der Waals surface area contributed by atoms with Crippen LogP contribution in [0.1, 0.15) is 29.7 Å². The number of benzene rings is 2. The molecule has 1 unspecified atom stereocenters. The summed E-state index contributed by atoms with van der Waals surface area (Å²) in [6, 6.07) is 14.2. The SMILES string of the molecule is N[C@H]1CC(c2ccc(Br)cc2)Oc2ccc(Br)cc21. The van der Waals surface area contributed by atoms with E-state index in [9.17, 15) is 0 Å². The fourth-order valence-electron chi connectivity index (χ4n) is 2.36. The van der Waals surface area contributed by atoms with Crippen LogP contribution in [0.15, 0.2) is 51.4 Å². The highest BCUT2D eigenvalue weighted by Gasteiger charge is 2.27. The zero-order valence-corrected chi connectivity index (χ0v) is 13.3. The number of hydrogen-bond donors (Lipinski definition) is 1. The highest BCUT2D eigenvalue weighted by atomic mass is 79.9. The van der Waals surface area contributed by atoms with Crippen molar-refractivity contribution in [2.75, 3.05) is 0 Å². The molecular formula is C15H13Br2NO. The molecule has 0 saturated carbocycles. The number of fused-ring (bicyclic) bond motifs is 1. The van der Waals surface area contributed by atoms with Crippen LogP contribution in [0.2, 0.25) is 0 Å². The van der Waals surface area contributed by atoms with Gasteiger partial charge in [-0.05, 0) is 35.9 Å². The van der Waals surface area contributed by atoms with E-state index in [4.69, 9.17) is 10.5 Å². The molecule has 0 amide bonds. The predicted octanol–water partition coefficient (Wildman–Crippen LogP) is 4.74. The van der Waals surface area contributed by atoms with Gasteiger partial charge in [-0.3, -0.25) is 0 Å². The molecule has 98 valence electrons. The predicted molar refractivity (Wildman–Crippen MR) is 83.2 cm³/mol. The fraction of sp³-hybridized carbons (Fsp3) is 0.200. The van der Waals surface area contributed by atoms with Crippen LogP contribution in [0.4, 0.5) is 0 Å². The smallest absolute Gasteiger partial charge is 0.126 e. The Morgan fingerprint density at radius 2 is 1.68 bits per heavy atom. The van der Waals surface area contributed by atoms with Crippen molar-refractivity contribution in [2.45, 2.75) is 18.6 Å². The van der Waals surface area contributed by atoms with E-state index >= 15 is 0 Å². The summed E-state index contributed by atoms with van der Waals surface area (Å²) < 4.78 is 8.17. The van der Waals surface area contributed by atoms with Gasteiger partial charge in [0, 0.05) is 27.0 Å². The molecule has 0 fully saturated rings. The Balaban J connectivity index is 1.92. The molecule has 2 aromatic carbocycles. The average molecular weight is 383 g/mol. The van der Waals surface area contributed by atoms with E-state index in [1.807, 2.05) is 30.3 Å². The van der Waals surface area contributed by atoms with E-state index in [0.717, 1.165) is 32.2 Å². The normalized spacial score (nSPS) is 21.6. The zero-order chi connectivity index (χ0) is 13.4. The Labute approximate surface area is 129 Å². The van der Waals surface area contributed by atoms with Crippen molar-refractivity contribution >= 4 is 31.9 Å². The molecule has 0 aliphatic carbocycles. The number of ether oxygens (including phenoxy) is 1. The lowest BCUT2D eigenvalue weighted by atomic mass is 9.94. The average Bonchev–Trinajstić information content (AvgIpc) is 2.40. The molecule has 1 heterocycles. The Bertz CT molecular complexity index is 598. The van der Waals surface area contributed by atoms with Crippen LogP contribution in [-0.2, 0) is 0 Å². The maximum absolute atomic E-state index is 6.26. The Hall–Kier alpha value is -0.840. The molecule has 2 nitrogen and oxygen atoms in total. The minimum Gasteiger partial charge on any atom is -0.485 e. The molecule has 19 heavy (non-hydrogen) atoms. The second-order valence-electron chi connectivity index (χ2n) is 4.68. The monoisotopic (exact) mass is 381 g/mol. The van der Waals surface area contributed by atoms with Gasteiger partial charge < -0.3 is 10.5 Å². The second-order valence-corrected chi connectivity index (χ2v) is 6.51. The van der Waals surface area contributed by atoms with Crippen LogP contribution in [0.25, 0.3) is 0 Å². The van der Waals surface area contributed by atoms with Gasteiger partial charge in [0.1, 0.15) is 11.9 Å². The summed E-state index contributed by atoms with van der Waals surface area (Å²) in [5, 5.41) is 0. The Kier molecular flexibility index (Phi) is 3.65. The van der Waals surface area contributed by atoms with Gasteiger partial charge in [0.05, 0.1) is 0 Å². The minimum atomic E-state index is 0.00916. The molecule has 2 aromatic rings. The third kappa shape index (κ3) is 2.71. The summed E-state index contributed by atoms with van der Waals surface area (Å²) >= 11 is 6.91. The van der Waals surface area contributed by atoms with E-state index in [1.165, 1.54) is 0 Å². The van der Waals surface area contributed by atoms with Gasteiger partial charge in [-0.25, -0.2) is 0 Å². The van der Waals surface area contributed by atoms with E-state index in [-0.39, 0.29) is 12.1 Å². The molecule has 1 aliphatic rings. The molecule has 2 N–H and O–H groups in total. The summed E-state index contributed by atoms with van der Waals surface area (Å²) in [4.78, 5) is 0. The molecule has 0 radical (unpaired) electrons. The van der Waals surface area contributed by atoms with Crippen LogP contribution in [0.5, 0.6) is 5.75 Å². The number of hydrogen-bond acceptors (Lipinski definition) is 2. The molecule has 0 spiro atoms. The van der Waals surface area contributed by atoms with Crippen molar-refractivity contribution in [1.29, 1.82) is 0 Å². The first kappa shape index (κ1) is 13.2. The number of nitrogens with two attached hydrogens (primary N) is 1. The molecule has 3 rings (SSSR count). The van der Waals surface area contributed by atoms with E-state index in [2.05, 4.69) is 44.0 Å². The number of halogens is 2. The highest BCUT2D eigenvalue weighted by Crippen LogP contribution is 2.40. The van der Waals surface area contributed by atoms with Crippen LogP contribution in [-0.4, -0.2) is 0 Å². The standard InChI is InChI=1S/C15H13Br2NO/c16-10-3-1-9(2-4-10)15-8-13(18)12-7-11(17)5-6-14(12)19-15/h1-7,13,15H,8,18H2/t13-,15?/m0/s1. The van der Waals surface area contributed by atoms with Gasteiger partial charge in [0.15, 0.2) is 0 Å². The Morgan fingerprint density at radius 1 is 1.00 bits per heavy atom. The zero-order valence-electron chi connectivity index (χ0n) is 10.1. The summed E-state index contributed by atoms with van der Waals surface area (Å²) in [5.41, 5.74) is 8.49. The lowest BCUT2D eigenvalue weighted by Crippen LogP contribution is -2.24. The lowest BCUT2D eigenvalue weighted by Gasteiger charge is -2.30. The maximum Gasteiger partial charge on any atom is 0.126 e. The largest absolute Gasteiger partial charge is 0.485 e. The quantitative estimate of drug-likeness (QED) is 0.773. The van der Waals surface area contributed by atoms with Crippen molar-refractivity contribution in [2.24, 2.45) is 5.73 Å². The molecular weight excluding hydrogens is 370 g/mol. The summed E-state index contributed by atoms with van der Waals surface area (Å²) in [6.07, 6.45) is 0.822. The first-order valence-electron chi connectivity index (χ1n) is 6.10. The van der Waals surface area contributed by atoms with Crippen molar-refractivity contribution in [3.05, 3.63) is 62.5 Å². The fourth-order valence-corrected chi connectivity index (χ4v) is 3.00. The van der Waals surface area contributed by atoms with Gasteiger partial charge in [-0.1, -0.05) is 44.0 Å². The van der Waals surface area contributed by atoms with Crippen LogP contribution < -0.4 is 10.5 Å². The van der Waals surface area contributed by atoms with Gasteiger partial charge in [0.2, 0.25) is 0 Å². The van der Waals surface area contributed by atoms with Crippen molar-refractivity contribution in [1.82, 2.24) is 0 Å². The Morgan fingerprint density at radius 3 is 2.42 bits per heavy atom. The second kappa shape index (κ2) is 5.27. The van der Waals surface area contributed by atoms with E-state index in [1.54, 1.807) is 0 Å². The molecule has 0 aromatic heterocycles.